The fourth-order valence-electron chi connectivity index (χ4n) is 2.29. The largest absolute Gasteiger partial charge is 0.377 e. The first-order valence-corrected chi connectivity index (χ1v) is 6.81. The van der Waals surface area contributed by atoms with Crippen LogP contribution in [0.1, 0.15) is 18.9 Å². The molecule has 20 heavy (non-hydrogen) atoms. The van der Waals surface area contributed by atoms with Crippen LogP contribution in [0.15, 0.2) is 24.3 Å². The van der Waals surface area contributed by atoms with Gasteiger partial charge in [0.1, 0.15) is 0 Å². The molecule has 2 rings (SSSR count). The van der Waals surface area contributed by atoms with Crippen molar-refractivity contribution in [2.75, 3.05) is 31.6 Å². The van der Waals surface area contributed by atoms with Gasteiger partial charge in [0, 0.05) is 25.4 Å². The van der Waals surface area contributed by atoms with Crippen molar-refractivity contribution < 1.29 is 9.53 Å². The molecule has 1 heterocycles. The Hall–Kier alpha value is -1.90. The molecule has 1 N–H and O–H groups in total. The van der Waals surface area contributed by atoms with Crippen LogP contribution in [-0.4, -0.2) is 43.2 Å². The summed E-state index contributed by atoms with van der Waals surface area (Å²) in [4.78, 5) is 14.1. The Bertz CT molecular complexity index is 510. The van der Waals surface area contributed by atoms with Gasteiger partial charge >= 0.3 is 0 Å². The second-order valence-corrected chi connectivity index (χ2v) is 5.01. The highest BCUT2D eigenvalue weighted by Gasteiger charge is 2.17. The number of nitriles is 1. The summed E-state index contributed by atoms with van der Waals surface area (Å²) < 4.78 is 5.55. The number of amides is 1. The minimum atomic E-state index is -0.0609. The molecule has 1 aliphatic rings. The lowest BCUT2D eigenvalue weighted by atomic mass is 10.2. The molecule has 1 fully saturated rings. The first-order valence-electron chi connectivity index (χ1n) is 6.81. The molecule has 1 saturated heterocycles. The van der Waals surface area contributed by atoms with E-state index in [1.165, 1.54) is 0 Å². The molecule has 0 radical (unpaired) electrons. The van der Waals surface area contributed by atoms with E-state index in [4.69, 9.17) is 10.00 Å². The van der Waals surface area contributed by atoms with E-state index in [2.05, 4.69) is 16.3 Å². The number of carbonyl (C=O) groups excluding carboxylic acids is 1. The van der Waals surface area contributed by atoms with E-state index in [0.717, 1.165) is 26.1 Å². The zero-order valence-corrected chi connectivity index (χ0v) is 11.6. The van der Waals surface area contributed by atoms with Gasteiger partial charge in [-0.15, -0.1) is 0 Å². The standard InChI is InChI=1S/C15H19N3O2/c1-12-10-18(6-3-7-20-12)11-15(19)17-14-5-2-4-13(8-14)9-16/h2,4-5,8,12H,3,6-7,10-11H2,1H3,(H,17,19). The van der Waals surface area contributed by atoms with Gasteiger partial charge in [-0.3, -0.25) is 9.69 Å². The predicted molar refractivity (Wildman–Crippen MR) is 76.3 cm³/mol. The Kier molecular flexibility index (Phi) is 5.10. The molecule has 5 nitrogen and oxygen atoms in total. The van der Waals surface area contributed by atoms with Crippen molar-refractivity contribution in [3.63, 3.8) is 0 Å². The van der Waals surface area contributed by atoms with Crippen molar-refractivity contribution in [1.82, 2.24) is 4.90 Å². The lowest BCUT2D eigenvalue weighted by Crippen LogP contribution is -2.37. The smallest absolute Gasteiger partial charge is 0.238 e. The second kappa shape index (κ2) is 7.04. The summed E-state index contributed by atoms with van der Waals surface area (Å²) in [7, 11) is 0. The van der Waals surface area contributed by atoms with Gasteiger partial charge in [-0.2, -0.15) is 5.26 Å². The maximum Gasteiger partial charge on any atom is 0.238 e. The maximum atomic E-state index is 12.0. The van der Waals surface area contributed by atoms with Crippen LogP contribution in [0.4, 0.5) is 5.69 Å². The number of ether oxygens (including phenoxy) is 1. The Morgan fingerprint density at radius 2 is 2.45 bits per heavy atom. The average molecular weight is 273 g/mol. The summed E-state index contributed by atoms with van der Waals surface area (Å²) in [6.45, 7) is 4.77. The third kappa shape index (κ3) is 4.34. The Balaban J connectivity index is 1.89. The normalized spacial score (nSPS) is 19.9. The van der Waals surface area contributed by atoms with Crippen molar-refractivity contribution in [2.24, 2.45) is 0 Å². The summed E-state index contributed by atoms with van der Waals surface area (Å²) in [6, 6.07) is 8.99. The fraction of sp³-hybridized carbons (Fsp3) is 0.467. The van der Waals surface area contributed by atoms with Crippen LogP contribution in [0.2, 0.25) is 0 Å². The number of anilines is 1. The first-order chi connectivity index (χ1) is 9.67. The van der Waals surface area contributed by atoms with E-state index >= 15 is 0 Å². The Morgan fingerprint density at radius 1 is 1.60 bits per heavy atom. The molecule has 1 aromatic rings. The molecule has 5 heteroatoms. The van der Waals surface area contributed by atoms with E-state index < -0.39 is 0 Å². The van der Waals surface area contributed by atoms with E-state index in [9.17, 15) is 4.79 Å². The van der Waals surface area contributed by atoms with Crippen molar-refractivity contribution in [2.45, 2.75) is 19.4 Å². The second-order valence-electron chi connectivity index (χ2n) is 5.01. The predicted octanol–water partition coefficient (Wildman–Crippen LogP) is 1.61. The van der Waals surface area contributed by atoms with Gasteiger partial charge in [0.15, 0.2) is 0 Å². The highest BCUT2D eigenvalue weighted by Crippen LogP contribution is 2.10. The molecule has 0 aromatic heterocycles. The zero-order chi connectivity index (χ0) is 14.4. The van der Waals surface area contributed by atoms with Crippen LogP contribution in [0.3, 0.4) is 0 Å². The molecule has 1 atom stereocenters. The molecular weight excluding hydrogens is 254 g/mol. The minimum absolute atomic E-state index is 0.0609. The molecule has 1 aliphatic heterocycles. The van der Waals surface area contributed by atoms with E-state index in [1.807, 2.05) is 6.92 Å². The van der Waals surface area contributed by atoms with Gasteiger partial charge in [-0.05, 0) is 31.5 Å². The van der Waals surface area contributed by atoms with Gasteiger partial charge in [0.25, 0.3) is 0 Å². The third-order valence-electron chi connectivity index (χ3n) is 3.18. The van der Waals surface area contributed by atoms with Crippen molar-refractivity contribution in [3.05, 3.63) is 29.8 Å². The molecule has 0 aliphatic carbocycles. The Morgan fingerprint density at radius 3 is 3.25 bits per heavy atom. The van der Waals surface area contributed by atoms with Gasteiger partial charge in [-0.1, -0.05) is 6.07 Å². The van der Waals surface area contributed by atoms with Gasteiger partial charge in [0.2, 0.25) is 5.91 Å². The van der Waals surface area contributed by atoms with E-state index in [0.29, 0.717) is 17.8 Å². The minimum Gasteiger partial charge on any atom is -0.377 e. The first kappa shape index (κ1) is 14.5. The number of benzene rings is 1. The molecular formula is C15H19N3O2. The van der Waals surface area contributed by atoms with Crippen LogP contribution < -0.4 is 5.32 Å². The number of hydrogen-bond acceptors (Lipinski definition) is 4. The van der Waals surface area contributed by atoms with Crippen LogP contribution >= 0.6 is 0 Å². The zero-order valence-electron chi connectivity index (χ0n) is 11.6. The summed E-state index contributed by atoms with van der Waals surface area (Å²) in [5.74, 6) is -0.0609. The van der Waals surface area contributed by atoms with E-state index in [-0.39, 0.29) is 12.0 Å². The molecule has 0 bridgehead atoms. The molecule has 106 valence electrons. The summed E-state index contributed by atoms with van der Waals surface area (Å²) in [6.07, 6.45) is 1.11. The van der Waals surface area contributed by atoms with Crippen LogP contribution in [-0.2, 0) is 9.53 Å². The summed E-state index contributed by atoms with van der Waals surface area (Å²) >= 11 is 0. The maximum absolute atomic E-state index is 12.0. The van der Waals surface area contributed by atoms with Crippen molar-refractivity contribution in [3.8, 4) is 6.07 Å². The highest BCUT2D eigenvalue weighted by molar-refractivity contribution is 5.92. The molecule has 1 unspecified atom stereocenters. The van der Waals surface area contributed by atoms with Crippen LogP contribution in [0.25, 0.3) is 0 Å². The quantitative estimate of drug-likeness (QED) is 0.908. The van der Waals surface area contributed by atoms with Crippen molar-refractivity contribution >= 4 is 11.6 Å². The van der Waals surface area contributed by atoms with Gasteiger partial charge < -0.3 is 10.1 Å². The van der Waals surface area contributed by atoms with Crippen molar-refractivity contribution in [1.29, 1.82) is 5.26 Å². The molecule has 0 saturated carbocycles. The fourth-order valence-corrected chi connectivity index (χ4v) is 2.29. The molecule has 1 aromatic carbocycles. The summed E-state index contributed by atoms with van der Waals surface area (Å²) in [5, 5.41) is 11.7. The van der Waals surface area contributed by atoms with E-state index in [1.54, 1.807) is 24.3 Å². The van der Waals surface area contributed by atoms with Gasteiger partial charge in [0.05, 0.1) is 24.3 Å². The molecule has 1 amide bonds. The number of carbonyl (C=O) groups is 1. The average Bonchev–Trinajstić information content (AvgIpc) is 2.63. The Labute approximate surface area is 119 Å². The number of hydrogen-bond donors (Lipinski definition) is 1. The number of rotatable bonds is 3. The summed E-state index contributed by atoms with van der Waals surface area (Å²) in [5.41, 5.74) is 1.20. The third-order valence-corrected chi connectivity index (χ3v) is 3.18. The van der Waals surface area contributed by atoms with Crippen LogP contribution in [0, 0.1) is 11.3 Å². The highest BCUT2D eigenvalue weighted by atomic mass is 16.5. The molecule has 0 spiro atoms. The van der Waals surface area contributed by atoms with Crippen LogP contribution in [0.5, 0.6) is 0 Å². The lowest BCUT2D eigenvalue weighted by molar-refractivity contribution is -0.117. The monoisotopic (exact) mass is 273 g/mol. The SMILES string of the molecule is CC1CN(CC(=O)Nc2cccc(C#N)c2)CCCO1. The lowest BCUT2D eigenvalue weighted by Gasteiger charge is -2.21. The van der Waals surface area contributed by atoms with Gasteiger partial charge in [-0.25, -0.2) is 0 Å². The topological polar surface area (TPSA) is 65.4 Å². The number of nitrogens with one attached hydrogen (secondary N) is 1. The number of nitrogens with zero attached hydrogens (tertiary/aromatic N) is 2.